The fourth-order valence-electron chi connectivity index (χ4n) is 3.93. The first-order chi connectivity index (χ1) is 12.3. The molecule has 0 radical (unpaired) electrons. The number of fused-ring (bicyclic) bond motifs is 1. The fraction of sp³-hybridized carbons (Fsp3) is 0.438. The number of rotatable bonds is 4. The molecule has 2 unspecified atom stereocenters. The molecule has 0 N–H and O–H groups in total. The van der Waals surface area contributed by atoms with Crippen LogP contribution in [0.1, 0.15) is 5.69 Å². The van der Waals surface area contributed by atoms with Gasteiger partial charge in [0.05, 0.1) is 6.20 Å². The summed E-state index contributed by atoms with van der Waals surface area (Å²) in [5.74, 6) is 3.08. The van der Waals surface area contributed by atoms with Crippen LogP contribution in [0.25, 0.3) is 5.82 Å². The van der Waals surface area contributed by atoms with Crippen LogP contribution < -0.4 is 4.90 Å². The molecule has 5 heterocycles. The van der Waals surface area contributed by atoms with Crippen LogP contribution in [-0.4, -0.2) is 61.1 Å². The van der Waals surface area contributed by atoms with Gasteiger partial charge in [-0.05, 0) is 17.9 Å². The predicted octanol–water partition coefficient (Wildman–Crippen LogP) is 0.613. The Balaban J connectivity index is 1.26. The highest BCUT2D eigenvalue weighted by Crippen LogP contribution is 2.33. The van der Waals surface area contributed by atoms with Gasteiger partial charge in [-0.15, -0.1) is 0 Å². The van der Waals surface area contributed by atoms with Gasteiger partial charge in [0.2, 0.25) is 0 Å². The van der Waals surface area contributed by atoms with Crippen LogP contribution in [0, 0.1) is 11.8 Å². The molecule has 25 heavy (non-hydrogen) atoms. The van der Waals surface area contributed by atoms with E-state index in [0.29, 0.717) is 11.8 Å². The lowest BCUT2D eigenvalue weighted by Crippen LogP contribution is -2.29. The van der Waals surface area contributed by atoms with Crippen molar-refractivity contribution in [3.8, 4) is 5.82 Å². The molecule has 0 spiro atoms. The summed E-state index contributed by atoms with van der Waals surface area (Å²) in [6.45, 7) is 5.01. The summed E-state index contributed by atoms with van der Waals surface area (Å²) in [5, 5.41) is 11.8. The lowest BCUT2D eigenvalue weighted by atomic mass is 10.0. The van der Waals surface area contributed by atoms with Crippen molar-refractivity contribution >= 4 is 5.82 Å². The third kappa shape index (κ3) is 2.76. The number of anilines is 1. The molecule has 0 aliphatic carbocycles. The highest BCUT2D eigenvalue weighted by Gasteiger charge is 2.40. The number of likely N-dealkylation sites (tertiary alicyclic amines) is 1. The van der Waals surface area contributed by atoms with Gasteiger partial charge in [-0.1, -0.05) is 10.3 Å². The molecule has 2 aliphatic rings. The zero-order valence-electron chi connectivity index (χ0n) is 13.6. The Labute approximate surface area is 144 Å². The molecular weight excluding hydrogens is 320 g/mol. The third-order valence-corrected chi connectivity index (χ3v) is 5.06. The molecule has 0 aromatic carbocycles. The molecule has 3 aromatic rings. The molecule has 5 rings (SSSR count). The van der Waals surface area contributed by atoms with Gasteiger partial charge < -0.3 is 4.90 Å². The van der Waals surface area contributed by atoms with E-state index in [9.17, 15) is 0 Å². The van der Waals surface area contributed by atoms with Gasteiger partial charge in [-0.2, -0.15) is 5.10 Å². The Hall–Kier alpha value is -2.81. The van der Waals surface area contributed by atoms with E-state index in [1.165, 1.54) is 0 Å². The molecule has 9 nitrogen and oxygen atoms in total. The van der Waals surface area contributed by atoms with E-state index in [2.05, 4.69) is 39.8 Å². The minimum Gasteiger partial charge on any atom is -0.356 e. The van der Waals surface area contributed by atoms with Crippen molar-refractivity contribution in [1.82, 2.24) is 35.0 Å². The van der Waals surface area contributed by atoms with Crippen molar-refractivity contribution in [2.75, 3.05) is 31.1 Å². The molecule has 0 amide bonds. The molecule has 9 heteroatoms. The van der Waals surface area contributed by atoms with Crippen molar-refractivity contribution in [3.63, 3.8) is 0 Å². The fourth-order valence-corrected chi connectivity index (χ4v) is 3.93. The van der Waals surface area contributed by atoms with E-state index in [4.69, 9.17) is 0 Å². The number of hydrogen-bond acceptors (Lipinski definition) is 8. The van der Waals surface area contributed by atoms with Crippen LogP contribution >= 0.6 is 0 Å². The van der Waals surface area contributed by atoms with Crippen LogP contribution in [-0.2, 0) is 6.54 Å². The van der Waals surface area contributed by atoms with E-state index >= 15 is 0 Å². The number of nitrogens with zero attached hydrogens (tertiary/aromatic N) is 8. The summed E-state index contributed by atoms with van der Waals surface area (Å²) in [7, 11) is 0. The van der Waals surface area contributed by atoms with Gasteiger partial charge in [-0.25, -0.2) is 19.3 Å². The summed E-state index contributed by atoms with van der Waals surface area (Å²) < 4.78 is 6.44. The molecule has 128 valence electrons. The number of hydrogen-bond donors (Lipinski definition) is 0. The Bertz CT molecular complexity index is 820. The van der Waals surface area contributed by atoms with Gasteiger partial charge in [0.1, 0.15) is 17.8 Å². The Morgan fingerprint density at radius 2 is 1.92 bits per heavy atom. The topological polar surface area (TPSA) is 89.0 Å². The van der Waals surface area contributed by atoms with Crippen LogP contribution in [0.3, 0.4) is 0 Å². The van der Waals surface area contributed by atoms with Crippen LogP contribution in [0.2, 0.25) is 0 Å². The maximum atomic E-state index is 4.68. The Morgan fingerprint density at radius 3 is 2.64 bits per heavy atom. The van der Waals surface area contributed by atoms with Gasteiger partial charge in [0.15, 0.2) is 5.82 Å². The van der Waals surface area contributed by atoms with Gasteiger partial charge in [0.25, 0.3) is 0 Å². The summed E-state index contributed by atoms with van der Waals surface area (Å²) in [5.41, 5.74) is 0.900. The monoisotopic (exact) mass is 338 g/mol. The molecule has 0 bridgehead atoms. The summed E-state index contributed by atoms with van der Waals surface area (Å²) >= 11 is 0. The molecule has 2 aliphatic heterocycles. The van der Waals surface area contributed by atoms with E-state index < -0.39 is 0 Å². The number of aromatic nitrogens is 6. The highest BCUT2D eigenvalue weighted by molar-refractivity contribution is 5.44. The first-order valence-corrected chi connectivity index (χ1v) is 8.41. The van der Waals surface area contributed by atoms with Crippen molar-refractivity contribution in [2.24, 2.45) is 11.8 Å². The second kappa shape index (κ2) is 5.92. The summed E-state index contributed by atoms with van der Waals surface area (Å²) in [6, 6.07) is 3.90. The van der Waals surface area contributed by atoms with E-state index in [-0.39, 0.29) is 0 Å². The molecule has 3 aromatic heterocycles. The quantitative estimate of drug-likeness (QED) is 0.684. The van der Waals surface area contributed by atoms with E-state index in [1.54, 1.807) is 23.4 Å². The maximum absolute atomic E-state index is 4.68. The van der Waals surface area contributed by atoms with E-state index in [1.807, 2.05) is 18.3 Å². The van der Waals surface area contributed by atoms with Crippen molar-refractivity contribution in [2.45, 2.75) is 6.54 Å². The molecule has 2 saturated heterocycles. The van der Waals surface area contributed by atoms with E-state index in [0.717, 1.165) is 50.1 Å². The SMILES string of the molecule is c1cnn(-c2cc(N3CC4CN(Cc5cnon5)CC4C3)ncn2)c1. The highest BCUT2D eigenvalue weighted by atomic mass is 16.6. The van der Waals surface area contributed by atoms with Gasteiger partial charge >= 0.3 is 0 Å². The summed E-state index contributed by atoms with van der Waals surface area (Å²) in [6.07, 6.45) is 6.95. The van der Waals surface area contributed by atoms with Crippen LogP contribution in [0.15, 0.2) is 41.7 Å². The first kappa shape index (κ1) is 14.5. The van der Waals surface area contributed by atoms with Gasteiger partial charge in [-0.3, -0.25) is 4.90 Å². The average Bonchev–Trinajstić information content (AvgIpc) is 3.40. The minimum atomic E-state index is 0.656. The van der Waals surface area contributed by atoms with Crippen LogP contribution in [0.4, 0.5) is 5.82 Å². The van der Waals surface area contributed by atoms with Crippen molar-refractivity contribution in [1.29, 1.82) is 0 Å². The lowest BCUT2D eigenvalue weighted by molar-refractivity contribution is 0.276. The van der Waals surface area contributed by atoms with Crippen molar-refractivity contribution in [3.05, 3.63) is 42.7 Å². The second-order valence-corrected chi connectivity index (χ2v) is 6.70. The lowest BCUT2D eigenvalue weighted by Gasteiger charge is -2.21. The zero-order chi connectivity index (χ0) is 16.6. The van der Waals surface area contributed by atoms with Crippen LogP contribution in [0.5, 0.6) is 0 Å². The first-order valence-electron chi connectivity index (χ1n) is 8.41. The summed E-state index contributed by atoms with van der Waals surface area (Å²) in [4.78, 5) is 13.6. The molecule has 2 atom stereocenters. The Morgan fingerprint density at radius 1 is 1.08 bits per heavy atom. The maximum Gasteiger partial charge on any atom is 0.158 e. The van der Waals surface area contributed by atoms with Gasteiger partial charge in [0, 0.05) is 51.2 Å². The standard InChI is InChI=1S/C16H18N8O/c1-2-19-24(3-1)16-4-15(17-11-18-16)23-8-12-6-22(7-13(12)9-23)10-14-5-20-25-21-14/h1-5,11-13H,6-10H2. The zero-order valence-corrected chi connectivity index (χ0v) is 13.6. The average molecular weight is 338 g/mol. The molecule has 0 saturated carbocycles. The largest absolute Gasteiger partial charge is 0.356 e. The minimum absolute atomic E-state index is 0.656. The smallest absolute Gasteiger partial charge is 0.158 e. The molecular formula is C16H18N8O. The Kier molecular flexibility index (Phi) is 3.44. The normalized spacial score (nSPS) is 23.3. The molecule has 2 fully saturated rings. The van der Waals surface area contributed by atoms with Crippen molar-refractivity contribution < 1.29 is 4.63 Å². The second-order valence-electron chi connectivity index (χ2n) is 6.70. The predicted molar refractivity (Wildman–Crippen MR) is 87.9 cm³/mol. The third-order valence-electron chi connectivity index (χ3n) is 5.06.